The number of hydrogen-bond donors (Lipinski definition) is 2. The normalized spacial score (nSPS) is 10.7. The molecule has 2 N–H and O–H groups in total. The summed E-state index contributed by atoms with van der Waals surface area (Å²) in [5, 5.41) is 6.13. The highest BCUT2D eigenvalue weighted by Crippen LogP contribution is 2.26. The molecule has 19 heavy (non-hydrogen) atoms. The van der Waals surface area contributed by atoms with Gasteiger partial charge in [-0.2, -0.15) is 0 Å². The van der Waals surface area contributed by atoms with E-state index in [1.54, 1.807) is 14.2 Å². The third-order valence-electron chi connectivity index (χ3n) is 3.18. The maximum atomic E-state index is 12.0. The molecular formula is C14H19N3O2. The fourth-order valence-electron chi connectivity index (χ4n) is 2.21. The Balaban J connectivity index is 2.55. The van der Waals surface area contributed by atoms with Gasteiger partial charge >= 0.3 is 0 Å². The van der Waals surface area contributed by atoms with E-state index in [-0.39, 0.29) is 5.56 Å². The highest BCUT2D eigenvalue weighted by molar-refractivity contribution is 5.65. The average Bonchev–Trinajstić information content (AvgIpc) is 2.67. The van der Waals surface area contributed by atoms with Crippen LogP contribution in [-0.2, 0) is 13.6 Å². The fraction of sp³-hybridized carbons (Fsp3) is 0.357. The summed E-state index contributed by atoms with van der Waals surface area (Å²) < 4.78 is 6.75. The Bertz CT molecular complexity index is 641. The average molecular weight is 261 g/mol. The summed E-state index contributed by atoms with van der Waals surface area (Å²) in [4.78, 5) is 12.0. The number of H-pyrrole nitrogens is 1. The van der Waals surface area contributed by atoms with Crippen LogP contribution in [0.3, 0.4) is 0 Å². The van der Waals surface area contributed by atoms with Gasteiger partial charge in [-0.15, -0.1) is 0 Å². The number of methoxy groups -OCH3 is 1. The fourth-order valence-corrected chi connectivity index (χ4v) is 2.21. The molecule has 0 saturated heterocycles. The van der Waals surface area contributed by atoms with Crippen LogP contribution in [0.5, 0.6) is 5.75 Å². The first kappa shape index (κ1) is 13.4. The van der Waals surface area contributed by atoms with E-state index in [0.29, 0.717) is 6.54 Å². The molecule has 0 bridgehead atoms. The van der Waals surface area contributed by atoms with Gasteiger partial charge in [-0.1, -0.05) is 0 Å². The number of benzene rings is 1. The summed E-state index contributed by atoms with van der Waals surface area (Å²) in [6, 6.07) is 5.89. The molecule has 0 fully saturated rings. The van der Waals surface area contributed by atoms with Gasteiger partial charge < -0.3 is 10.1 Å². The Morgan fingerprint density at radius 2 is 2.16 bits per heavy atom. The standard InChI is InChI=1S/C14H19N3O2/c1-9-7-10(5-6-12(9)19-4)13-11(8-15-2)14(18)17(3)16-13/h5-7,15-16H,8H2,1-4H3. The second-order valence-corrected chi connectivity index (χ2v) is 4.54. The van der Waals surface area contributed by atoms with E-state index in [0.717, 1.165) is 28.1 Å². The van der Waals surface area contributed by atoms with Crippen molar-refractivity contribution in [2.75, 3.05) is 14.2 Å². The number of nitrogens with one attached hydrogen (secondary N) is 2. The highest BCUT2D eigenvalue weighted by atomic mass is 16.5. The summed E-state index contributed by atoms with van der Waals surface area (Å²) in [6.07, 6.45) is 0. The van der Waals surface area contributed by atoms with Crippen LogP contribution in [0.4, 0.5) is 0 Å². The van der Waals surface area contributed by atoms with Crippen molar-refractivity contribution < 1.29 is 4.74 Å². The van der Waals surface area contributed by atoms with Gasteiger partial charge in [0.25, 0.3) is 5.56 Å². The van der Waals surface area contributed by atoms with Crippen LogP contribution in [0.15, 0.2) is 23.0 Å². The third-order valence-corrected chi connectivity index (χ3v) is 3.18. The number of aryl methyl sites for hydroxylation is 2. The van der Waals surface area contributed by atoms with E-state index in [1.807, 2.05) is 32.2 Å². The molecule has 5 nitrogen and oxygen atoms in total. The molecular weight excluding hydrogens is 242 g/mol. The molecule has 0 aliphatic heterocycles. The molecule has 102 valence electrons. The van der Waals surface area contributed by atoms with Crippen LogP contribution in [-0.4, -0.2) is 23.9 Å². The summed E-state index contributed by atoms with van der Waals surface area (Å²) in [5.41, 5.74) is 3.63. The van der Waals surface area contributed by atoms with Gasteiger partial charge in [0, 0.05) is 19.2 Å². The monoisotopic (exact) mass is 261 g/mol. The smallest absolute Gasteiger partial charge is 0.271 e. The van der Waals surface area contributed by atoms with Crippen molar-refractivity contribution in [2.45, 2.75) is 13.5 Å². The number of rotatable bonds is 4. The first-order valence-electron chi connectivity index (χ1n) is 6.16. The molecule has 0 aliphatic carbocycles. The molecule has 2 rings (SSSR count). The maximum Gasteiger partial charge on any atom is 0.271 e. The van der Waals surface area contributed by atoms with E-state index >= 15 is 0 Å². The van der Waals surface area contributed by atoms with Gasteiger partial charge in [-0.25, -0.2) is 0 Å². The Morgan fingerprint density at radius 1 is 1.42 bits per heavy atom. The molecule has 0 spiro atoms. The molecule has 0 atom stereocenters. The van der Waals surface area contributed by atoms with Crippen molar-refractivity contribution in [2.24, 2.45) is 7.05 Å². The Kier molecular flexibility index (Phi) is 3.76. The Labute approximate surface area is 112 Å². The summed E-state index contributed by atoms with van der Waals surface area (Å²) in [7, 11) is 5.20. The lowest BCUT2D eigenvalue weighted by Crippen LogP contribution is -2.19. The lowest BCUT2D eigenvalue weighted by molar-refractivity contribution is 0.412. The van der Waals surface area contributed by atoms with Gasteiger partial charge in [-0.05, 0) is 37.7 Å². The van der Waals surface area contributed by atoms with Crippen molar-refractivity contribution in [3.8, 4) is 17.0 Å². The summed E-state index contributed by atoms with van der Waals surface area (Å²) >= 11 is 0. The minimum absolute atomic E-state index is 0.00202. The predicted molar refractivity (Wildman–Crippen MR) is 75.5 cm³/mol. The van der Waals surface area contributed by atoms with E-state index in [4.69, 9.17) is 4.74 Å². The summed E-state index contributed by atoms with van der Waals surface area (Å²) in [6.45, 7) is 2.53. The molecule has 0 saturated carbocycles. The second-order valence-electron chi connectivity index (χ2n) is 4.54. The zero-order chi connectivity index (χ0) is 14.0. The molecule has 1 heterocycles. The van der Waals surface area contributed by atoms with Gasteiger partial charge in [0.15, 0.2) is 0 Å². The molecule has 0 unspecified atom stereocenters. The topological polar surface area (TPSA) is 59.0 Å². The van der Waals surface area contributed by atoms with E-state index in [2.05, 4.69) is 10.4 Å². The zero-order valence-electron chi connectivity index (χ0n) is 11.7. The van der Waals surface area contributed by atoms with Crippen LogP contribution in [0.2, 0.25) is 0 Å². The van der Waals surface area contributed by atoms with E-state index in [1.165, 1.54) is 4.68 Å². The quantitative estimate of drug-likeness (QED) is 0.875. The minimum atomic E-state index is -0.00202. The van der Waals surface area contributed by atoms with E-state index < -0.39 is 0 Å². The number of aromatic amines is 1. The second kappa shape index (κ2) is 5.32. The molecule has 0 amide bonds. The number of aromatic nitrogens is 2. The number of nitrogens with zero attached hydrogens (tertiary/aromatic N) is 1. The number of ether oxygens (including phenoxy) is 1. The maximum absolute atomic E-state index is 12.0. The van der Waals surface area contributed by atoms with Gasteiger partial charge in [0.2, 0.25) is 0 Å². The van der Waals surface area contributed by atoms with Crippen LogP contribution >= 0.6 is 0 Å². The van der Waals surface area contributed by atoms with Crippen LogP contribution in [0.1, 0.15) is 11.1 Å². The molecule has 1 aromatic carbocycles. The minimum Gasteiger partial charge on any atom is -0.496 e. The first-order chi connectivity index (χ1) is 9.08. The lowest BCUT2D eigenvalue weighted by Gasteiger charge is -2.07. The molecule has 0 radical (unpaired) electrons. The summed E-state index contributed by atoms with van der Waals surface area (Å²) in [5.74, 6) is 0.845. The largest absolute Gasteiger partial charge is 0.496 e. The Hall–Kier alpha value is -2.01. The SMILES string of the molecule is CNCc1c(-c2ccc(OC)c(C)c2)[nH]n(C)c1=O. The van der Waals surface area contributed by atoms with Crippen LogP contribution in [0, 0.1) is 6.92 Å². The zero-order valence-corrected chi connectivity index (χ0v) is 11.7. The molecule has 0 aliphatic rings. The van der Waals surface area contributed by atoms with Crippen molar-refractivity contribution in [1.82, 2.24) is 15.1 Å². The number of hydrogen-bond acceptors (Lipinski definition) is 3. The van der Waals surface area contributed by atoms with E-state index in [9.17, 15) is 4.79 Å². The molecule has 5 heteroatoms. The van der Waals surface area contributed by atoms with Gasteiger partial charge in [0.1, 0.15) is 5.75 Å². The van der Waals surface area contributed by atoms with Crippen molar-refractivity contribution in [3.05, 3.63) is 39.7 Å². The van der Waals surface area contributed by atoms with Gasteiger partial charge in [0.05, 0.1) is 18.4 Å². The molecule has 1 aromatic heterocycles. The third kappa shape index (κ3) is 2.42. The predicted octanol–water partition coefficient (Wildman–Crippen LogP) is 1.42. The highest BCUT2D eigenvalue weighted by Gasteiger charge is 2.14. The Morgan fingerprint density at radius 3 is 2.74 bits per heavy atom. The first-order valence-corrected chi connectivity index (χ1v) is 6.16. The van der Waals surface area contributed by atoms with Crippen molar-refractivity contribution in [1.29, 1.82) is 0 Å². The van der Waals surface area contributed by atoms with Crippen LogP contribution in [0.25, 0.3) is 11.3 Å². The lowest BCUT2D eigenvalue weighted by atomic mass is 10.0. The molecule has 2 aromatic rings. The van der Waals surface area contributed by atoms with Crippen LogP contribution < -0.4 is 15.6 Å². The van der Waals surface area contributed by atoms with Gasteiger partial charge in [-0.3, -0.25) is 14.6 Å². The van der Waals surface area contributed by atoms with Crippen molar-refractivity contribution in [3.63, 3.8) is 0 Å². The van der Waals surface area contributed by atoms with Crippen molar-refractivity contribution >= 4 is 0 Å².